The number of anilines is 1. The molecule has 1 nitrogen and oxygen atoms in total. The van der Waals surface area contributed by atoms with E-state index in [1.807, 2.05) is 0 Å². The third-order valence-electron chi connectivity index (χ3n) is 4.36. The highest BCUT2D eigenvalue weighted by Crippen LogP contribution is 2.39. The monoisotopic (exact) mass is 297 g/mol. The van der Waals surface area contributed by atoms with Crippen molar-refractivity contribution >= 4 is 27.2 Å². The van der Waals surface area contributed by atoms with Crippen molar-refractivity contribution in [2.45, 2.75) is 6.92 Å². The smallest absolute Gasteiger partial charge is 0.0426 e. The van der Waals surface area contributed by atoms with Crippen molar-refractivity contribution in [2.24, 2.45) is 0 Å². The van der Waals surface area contributed by atoms with Crippen molar-refractivity contribution in [3.63, 3.8) is 0 Å². The van der Waals surface area contributed by atoms with Crippen LogP contribution in [-0.4, -0.2) is 6.54 Å². The molecular formula is C22H19N. The van der Waals surface area contributed by atoms with E-state index in [0.29, 0.717) is 0 Å². The van der Waals surface area contributed by atoms with Gasteiger partial charge in [-0.2, -0.15) is 0 Å². The van der Waals surface area contributed by atoms with Crippen LogP contribution in [0.5, 0.6) is 0 Å². The lowest BCUT2D eigenvalue weighted by Crippen LogP contribution is -1.99. The molecule has 1 N–H and O–H groups in total. The minimum absolute atomic E-state index is 0.913. The highest BCUT2D eigenvalue weighted by molar-refractivity contribution is 6.09. The van der Waals surface area contributed by atoms with Gasteiger partial charge in [0.05, 0.1) is 0 Å². The molecule has 1 heteroatoms. The summed E-state index contributed by atoms with van der Waals surface area (Å²) >= 11 is 0. The zero-order chi connectivity index (χ0) is 15.6. The summed E-state index contributed by atoms with van der Waals surface area (Å²) in [6.45, 7) is 3.05. The number of nitrogens with one attached hydrogen (secondary N) is 1. The first-order valence-electron chi connectivity index (χ1n) is 8.12. The lowest BCUT2D eigenvalue weighted by atomic mass is 9.92. The average Bonchev–Trinajstić information content (AvgIpc) is 2.61. The third kappa shape index (κ3) is 2.35. The van der Waals surface area contributed by atoms with Gasteiger partial charge in [0.15, 0.2) is 0 Å². The second kappa shape index (κ2) is 5.77. The van der Waals surface area contributed by atoms with Crippen LogP contribution in [0.4, 0.5) is 5.69 Å². The second-order valence-corrected chi connectivity index (χ2v) is 5.77. The molecular weight excluding hydrogens is 278 g/mol. The molecule has 0 atom stereocenters. The lowest BCUT2D eigenvalue weighted by Gasteiger charge is -2.16. The molecule has 0 amide bonds. The van der Waals surface area contributed by atoms with E-state index in [4.69, 9.17) is 0 Å². The van der Waals surface area contributed by atoms with Gasteiger partial charge < -0.3 is 5.32 Å². The van der Waals surface area contributed by atoms with Gasteiger partial charge in [0.2, 0.25) is 0 Å². The summed E-state index contributed by atoms with van der Waals surface area (Å²) < 4.78 is 0. The van der Waals surface area contributed by atoms with E-state index >= 15 is 0 Å². The Morgan fingerprint density at radius 1 is 0.652 bits per heavy atom. The van der Waals surface area contributed by atoms with Crippen molar-refractivity contribution in [3.05, 3.63) is 78.9 Å². The number of rotatable bonds is 3. The Balaban J connectivity index is 2.12. The molecule has 0 bridgehead atoms. The largest absolute Gasteiger partial charge is 0.385 e. The normalized spacial score (nSPS) is 11.0. The van der Waals surface area contributed by atoms with E-state index in [-0.39, 0.29) is 0 Å². The molecule has 4 aromatic rings. The Kier molecular flexibility index (Phi) is 3.47. The van der Waals surface area contributed by atoms with Gasteiger partial charge in [-0.05, 0) is 40.1 Å². The summed E-state index contributed by atoms with van der Waals surface area (Å²) in [5.41, 5.74) is 3.78. The van der Waals surface area contributed by atoms with Crippen molar-refractivity contribution in [1.82, 2.24) is 0 Å². The molecule has 4 aromatic carbocycles. The summed E-state index contributed by atoms with van der Waals surface area (Å²) in [5, 5.41) is 8.68. The topological polar surface area (TPSA) is 12.0 Å². The van der Waals surface area contributed by atoms with Crippen molar-refractivity contribution in [1.29, 1.82) is 0 Å². The standard InChI is InChI=1S/C22H19N/c1-2-23-21-15-14-17-9-4-6-12-19(17)22(21)20-13-7-10-16-8-3-5-11-18(16)20/h3-15,23H,2H2,1H3. The molecule has 0 unspecified atom stereocenters. The van der Waals surface area contributed by atoms with Crippen LogP contribution in [0.25, 0.3) is 32.7 Å². The minimum Gasteiger partial charge on any atom is -0.385 e. The van der Waals surface area contributed by atoms with Crippen LogP contribution >= 0.6 is 0 Å². The Hall–Kier alpha value is -2.80. The number of fused-ring (bicyclic) bond motifs is 2. The van der Waals surface area contributed by atoms with Crippen LogP contribution in [0.15, 0.2) is 78.9 Å². The second-order valence-electron chi connectivity index (χ2n) is 5.77. The van der Waals surface area contributed by atoms with Gasteiger partial charge in [0.25, 0.3) is 0 Å². The van der Waals surface area contributed by atoms with Gasteiger partial charge in [-0.1, -0.05) is 72.8 Å². The van der Waals surface area contributed by atoms with Crippen molar-refractivity contribution < 1.29 is 0 Å². The lowest BCUT2D eigenvalue weighted by molar-refractivity contribution is 1.22. The third-order valence-corrected chi connectivity index (χ3v) is 4.36. The van der Waals surface area contributed by atoms with Crippen LogP contribution in [0.3, 0.4) is 0 Å². The first kappa shape index (κ1) is 13.8. The predicted octanol–water partition coefficient (Wildman–Crippen LogP) is 6.09. The number of benzene rings is 4. The maximum absolute atomic E-state index is 3.53. The molecule has 0 aliphatic heterocycles. The van der Waals surface area contributed by atoms with Crippen LogP contribution in [0.1, 0.15) is 6.92 Å². The summed E-state index contributed by atoms with van der Waals surface area (Å²) in [5.74, 6) is 0. The van der Waals surface area contributed by atoms with E-state index in [2.05, 4.69) is 91.1 Å². The molecule has 0 saturated carbocycles. The summed E-state index contributed by atoms with van der Waals surface area (Å²) in [4.78, 5) is 0. The van der Waals surface area contributed by atoms with Crippen molar-refractivity contribution in [3.8, 4) is 11.1 Å². The molecule has 112 valence electrons. The van der Waals surface area contributed by atoms with Gasteiger partial charge in [0.1, 0.15) is 0 Å². The predicted molar refractivity (Wildman–Crippen MR) is 101 cm³/mol. The van der Waals surface area contributed by atoms with Gasteiger partial charge in [0, 0.05) is 17.8 Å². The zero-order valence-electron chi connectivity index (χ0n) is 13.2. The fourth-order valence-electron chi connectivity index (χ4n) is 3.34. The molecule has 23 heavy (non-hydrogen) atoms. The van der Waals surface area contributed by atoms with Gasteiger partial charge in [-0.15, -0.1) is 0 Å². The summed E-state index contributed by atoms with van der Waals surface area (Å²) in [6, 6.07) is 28.2. The van der Waals surface area contributed by atoms with Crippen LogP contribution in [-0.2, 0) is 0 Å². The highest BCUT2D eigenvalue weighted by atomic mass is 14.9. The quantitative estimate of drug-likeness (QED) is 0.482. The van der Waals surface area contributed by atoms with E-state index < -0.39 is 0 Å². The SMILES string of the molecule is CCNc1ccc2ccccc2c1-c1cccc2ccccc12. The molecule has 4 rings (SSSR count). The van der Waals surface area contributed by atoms with Gasteiger partial charge in [-0.3, -0.25) is 0 Å². The minimum atomic E-state index is 0.913. The maximum Gasteiger partial charge on any atom is 0.0426 e. The molecule has 0 aromatic heterocycles. The van der Waals surface area contributed by atoms with Gasteiger partial charge in [-0.25, -0.2) is 0 Å². The van der Waals surface area contributed by atoms with E-state index in [1.54, 1.807) is 0 Å². The zero-order valence-corrected chi connectivity index (χ0v) is 13.2. The molecule has 0 radical (unpaired) electrons. The summed E-state index contributed by atoms with van der Waals surface area (Å²) in [6.07, 6.45) is 0. The van der Waals surface area contributed by atoms with E-state index in [0.717, 1.165) is 6.54 Å². The molecule has 0 aliphatic rings. The maximum atomic E-state index is 3.53. The first-order valence-corrected chi connectivity index (χ1v) is 8.12. The first-order chi connectivity index (χ1) is 11.4. The highest BCUT2D eigenvalue weighted by Gasteiger charge is 2.12. The van der Waals surface area contributed by atoms with Crippen LogP contribution < -0.4 is 5.32 Å². The average molecular weight is 297 g/mol. The molecule has 0 saturated heterocycles. The fourth-order valence-corrected chi connectivity index (χ4v) is 3.34. The summed E-state index contributed by atoms with van der Waals surface area (Å²) in [7, 11) is 0. The molecule has 0 spiro atoms. The molecule has 0 aliphatic carbocycles. The number of hydrogen-bond donors (Lipinski definition) is 1. The van der Waals surface area contributed by atoms with Crippen LogP contribution in [0, 0.1) is 0 Å². The molecule has 0 heterocycles. The van der Waals surface area contributed by atoms with Crippen molar-refractivity contribution in [2.75, 3.05) is 11.9 Å². The Bertz CT molecular complexity index is 980. The van der Waals surface area contributed by atoms with E-state index in [1.165, 1.54) is 38.4 Å². The van der Waals surface area contributed by atoms with Crippen LogP contribution in [0.2, 0.25) is 0 Å². The van der Waals surface area contributed by atoms with Gasteiger partial charge >= 0.3 is 0 Å². The Morgan fingerprint density at radius 3 is 2.09 bits per heavy atom. The Morgan fingerprint density at radius 2 is 1.30 bits per heavy atom. The van der Waals surface area contributed by atoms with E-state index in [9.17, 15) is 0 Å². The fraction of sp³-hybridized carbons (Fsp3) is 0.0909. The Labute approximate surface area is 136 Å². The molecule has 0 fully saturated rings. The number of hydrogen-bond acceptors (Lipinski definition) is 1.